The largest absolute Gasteiger partial charge is 1.00 e. The maximum absolute atomic E-state index is 11.8. The van der Waals surface area contributed by atoms with Crippen LogP contribution in [0.3, 0.4) is 0 Å². The Kier molecular flexibility index (Phi) is 11.9. The minimum absolute atomic E-state index is 0. The van der Waals surface area contributed by atoms with Crippen LogP contribution in [0.4, 0.5) is 0 Å². The number of benzene rings is 2. The second-order valence-corrected chi connectivity index (χ2v) is 8.41. The quantitative estimate of drug-likeness (QED) is 0.319. The van der Waals surface area contributed by atoms with Gasteiger partial charge in [0.1, 0.15) is 16.4 Å². The van der Waals surface area contributed by atoms with Crippen molar-refractivity contribution in [1.82, 2.24) is 0 Å². The fraction of sp³-hybridized carbons (Fsp3) is 0.455. The standard InChI is InChI=1S/C22H30O5S.Na/c1-2-3-4-5-6-7-8-9-12-18-15-16-19(17-22(18)28(24,25)26)27-21-14-11-10-13-20(21)23;/h10-11,13-17,23H,2-9,12H2,1H3,(H,24,25,26);/q;+1/p-1. The van der Waals surface area contributed by atoms with E-state index >= 15 is 0 Å². The summed E-state index contributed by atoms with van der Waals surface area (Å²) >= 11 is 0. The van der Waals surface area contributed by atoms with Crippen LogP contribution in [-0.4, -0.2) is 13.0 Å². The van der Waals surface area contributed by atoms with Gasteiger partial charge in [0.15, 0.2) is 0 Å². The van der Waals surface area contributed by atoms with Gasteiger partial charge in [-0.3, -0.25) is 4.55 Å². The zero-order valence-electron chi connectivity index (χ0n) is 17.4. The molecule has 154 valence electrons. The second kappa shape index (κ2) is 13.3. The van der Waals surface area contributed by atoms with E-state index in [0.29, 0.717) is 12.0 Å². The van der Waals surface area contributed by atoms with Crippen LogP contribution >= 0.6 is 0 Å². The Morgan fingerprint density at radius 3 is 2.17 bits per heavy atom. The van der Waals surface area contributed by atoms with Crippen LogP contribution in [0.1, 0.15) is 63.9 Å². The molecule has 2 rings (SSSR count). The average molecular weight is 429 g/mol. The minimum Gasteiger partial charge on any atom is -0.870 e. The molecule has 0 heterocycles. The molecule has 0 saturated heterocycles. The summed E-state index contributed by atoms with van der Waals surface area (Å²) in [4.78, 5) is -0.156. The van der Waals surface area contributed by atoms with E-state index < -0.39 is 10.1 Å². The third-order valence-corrected chi connectivity index (χ3v) is 5.63. The number of para-hydroxylation sites is 2. The molecule has 0 radical (unpaired) electrons. The first kappa shape index (κ1) is 26.0. The summed E-state index contributed by atoms with van der Waals surface area (Å²) in [5, 5.41) is 11.8. The SMILES string of the molecule is CCCCCCCCCCc1ccc(Oc2ccccc2[O-])cc1S(=O)(=O)O.[Na+]. The van der Waals surface area contributed by atoms with Crippen molar-refractivity contribution in [1.29, 1.82) is 0 Å². The summed E-state index contributed by atoms with van der Waals surface area (Å²) in [7, 11) is -4.37. The Bertz CT molecular complexity index is 852. The Labute approximate surface area is 196 Å². The molecule has 0 fully saturated rings. The Morgan fingerprint density at radius 1 is 0.931 bits per heavy atom. The summed E-state index contributed by atoms with van der Waals surface area (Å²) < 4.78 is 38.7. The maximum Gasteiger partial charge on any atom is 1.00 e. The van der Waals surface area contributed by atoms with Gasteiger partial charge in [0, 0.05) is 6.07 Å². The van der Waals surface area contributed by atoms with Gasteiger partial charge >= 0.3 is 29.6 Å². The van der Waals surface area contributed by atoms with Gasteiger partial charge in [-0.15, -0.1) is 0 Å². The molecule has 0 aliphatic rings. The molecule has 7 heteroatoms. The summed E-state index contributed by atoms with van der Waals surface area (Å²) in [5.41, 5.74) is 0.566. The van der Waals surface area contributed by atoms with Gasteiger partial charge in [-0.25, -0.2) is 0 Å². The van der Waals surface area contributed by atoms with Gasteiger partial charge in [0.2, 0.25) is 0 Å². The maximum atomic E-state index is 11.8. The molecule has 5 nitrogen and oxygen atoms in total. The molecule has 0 spiro atoms. The normalized spacial score (nSPS) is 11.1. The van der Waals surface area contributed by atoms with Crippen molar-refractivity contribution < 1.29 is 52.4 Å². The van der Waals surface area contributed by atoms with Crippen LogP contribution in [0.15, 0.2) is 47.4 Å². The second-order valence-electron chi connectivity index (χ2n) is 7.02. The molecular formula is C22H29NaO5S. The van der Waals surface area contributed by atoms with Gasteiger partial charge in [0.25, 0.3) is 10.1 Å². The van der Waals surface area contributed by atoms with E-state index in [4.69, 9.17) is 4.74 Å². The molecule has 0 bridgehead atoms. The average Bonchev–Trinajstić information content (AvgIpc) is 2.66. The van der Waals surface area contributed by atoms with E-state index in [-0.39, 0.29) is 51.7 Å². The first-order valence-electron chi connectivity index (χ1n) is 9.96. The molecule has 1 N–H and O–H groups in total. The van der Waals surface area contributed by atoms with E-state index in [9.17, 15) is 18.1 Å². The molecule has 2 aromatic carbocycles. The number of hydrogen-bond acceptors (Lipinski definition) is 4. The summed E-state index contributed by atoms with van der Waals surface area (Å²) in [5.74, 6) is 0.0223. The van der Waals surface area contributed by atoms with Crippen molar-refractivity contribution in [3.05, 3.63) is 48.0 Å². The molecule has 0 aromatic heterocycles. The van der Waals surface area contributed by atoms with Gasteiger partial charge < -0.3 is 9.84 Å². The number of unbranched alkanes of at least 4 members (excludes halogenated alkanes) is 7. The molecule has 0 unspecified atom stereocenters. The topological polar surface area (TPSA) is 86.7 Å². The summed E-state index contributed by atoms with van der Waals surface area (Å²) in [6.07, 6.45) is 9.83. The molecule has 0 saturated carbocycles. The number of ether oxygens (including phenoxy) is 1. The monoisotopic (exact) mass is 428 g/mol. The third-order valence-electron chi connectivity index (χ3n) is 4.69. The van der Waals surface area contributed by atoms with Crippen LogP contribution in [0.5, 0.6) is 17.2 Å². The van der Waals surface area contributed by atoms with Crippen molar-refractivity contribution in [3.63, 3.8) is 0 Å². The Morgan fingerprint density at radius 2 is 1.55 bits per heavy atom. The molecule has 0 aliphatic carbocycles. The fourth-order valence-corrected chi connectivity index (χ4v) is 3.92. The summed E-state index contributed by atoms with van der Waals surface area (Å²) in [6.45, 7) is 2.20. The molecule has 0 amide bonds. The predicted octanol–water partition coefficient (Wildman–Crippen LogP) is 2.49. The van der Waals surface area contributed by atoms with Crippen molar-refractivity contribution >= 4 is 10.1 Å². The Hall–Kier alpha value is -1.05. The fourth-order valence-electron chi connectivity index (χ4n) is 3.16. The van der Waals surface area contributed by atoms with Crippen LogP contribution in [0.25, 0.3) is 0 Å². The van der Waals surface area contributed by atoms with Crippen LogP contribution < -0.4 is 39.4 Å². The van der Waals surface area contributed by atoms with Crippen LogP contribution in [0, 0.1) is 0 Å². The molecule has 0 atom stereocenters. The molecule has 29 heavy (non-hydrogen) atoms. The van der Waals surface area contributed by atoms with Gasteiger partial charge in [-0.1, -0.05) is 81.9 Å². The van der Waals surface area contributed by atoms with E-state index in [1.54, 1.807) is 24.3 Å². The number of aryl methyl sites for hydroxylation is 1. The van der Waals surface area contributed by atoms with Crippen molar-refractivity contribution in [2.75, 3.05) is 0 Å². The van der Waals surface area contributed by atoms with Crippen molar-refractivity contribution in [2.24, 2.45) is 0 Å². The molecular weight excluding hydrogens is 399 g/mol. The van der Waals surface area contributed by atoms with Crippen LogP contribution in [0.2, 0.25) is 0 Å². The van der Waals surface area contributed by atoms with Gasteiger partial charge in [0.05, 0.1) is 0 Å². The first-order valence-corrected chi connectivity index (χ1v) is 11.4. The van der Waals surface area contributed by atoms with E-state index in [0.717, 1.165) is 19.3 Å². The summed E-state index contributed by atoms with van der Waals surface area (Å²) in [6, 6.07) is 10.7. The van der Waals surface area contributed by atoms with Gasteiger partial charge in [-0.05, 0) is 30.5 Å². The third kappa shape index (κ3) is 9.09. The van der Waals surface area contributed by atoms with E-state index in [2.05, 4.69) is 6.92 Å². The van der Waals surface area contributed by atoms with E-state index in [1.807, 2.05) is 0 Å². The zero-order valence-corrected chi connectivity index (χ0v) is 20.2. The van der Waals surface area contributed by atoms with Crippen molar-refractivity contribution in [2.45, 2.75) is 69.6 Å². The van der Waals surface area contributed by atoms with E-state index in [1.165, 1.54) is 50.3 Å². The molecule has 2 aromatic rings. The smallest absolute Gasteiger partial charge is 0.870 e. The predicted molar refractivity (Wildman–Crippen MR) is 109 cm³/mol. The molecule has 0 aliphatic heterocycles. The number of rotatable bonds is 12. The van der Waals surface area contributed by atoms with Crippen molar-refractivity contribution in [3.8, 4) is 17.2 Å². The number of hydrogen-bond donors (Lipinski definition) is 1. The van der Waals surface area contributed by atoms with Gasteiger partial charge in [-0.2, -0.15) is 8.42 Å². The minimum atomic E-state index is -4.37. The zero-order chi connectivity index (χ0) is 20.4. The Balaban J connectivity index is 0.00000420. The van der Waals surface area contributed by atoms with Crippen LogP contribution in [-0.2, 0) is 16.5 Å². The first-order chi connectivity index (χ1) is 13.4.